The van der Waals surface area contributed by atoms with E-state index < -0.39 is 5.63 Å². The first-order valence-electron chi connectivity index (χ1n) is 3.50. The van der Waals surface area contributed by atoms with Crippen molar-refractivity contribution in [2.75, 3.05) is 0 Å². The molecule has 0 aliphatic rings. The van der Waals surface area contributed by atoms with E-state index in [4.69, 9.17) is 27.6 Å². The summed E-state index contributed by atoms with van der Waals surface area (Å²) in [5, 5.41) is -0.0543. The Hall–Kier alpha value is -0.540. The fraction of sp³-hybridized carbons (Fsp3) is 0.429. The zero-order valence-corrected chi connectivity index (χ0v) is 7.95. The van der Waals surface area contributed by atoms with Crippen molar-refractivity contribution in [2.24, 2.45) is 0 Å². The Labute approximate surface area is 79.3 Å². The van der Waals surface area contributed by atoms with Crippen molar-refractivity contribution in [1.29, 1.82) is 0 Å². The number of aromatic nitrogens is 1. The van der Waals surface area contributed by atoms with Gasteiger partial charge in [-0.05, 0) is 6.42 Å². The predicted molar refractivity (Wildman–Crippen MR) is 46.8 cm³/mol. The van der Waals surface area contributed by atoms with Gasteiger partial charge in [0.25, 0.3) is 0 Å². The first-order valence-corrected chi connectivity index (χ1v) is 4.25. The molecule has 0 aliphatic heterocycles. The van der Waals surface area contributed by atoms with E-state index in [1.54, 1.807) is 0 Å². The minimum atomic E-state index is -0.635. The SMILES string of the molecule is CCCc1oc(=O)c(Cl)nc1Cl. The van der Waals surface area contributed by atoms with E-state index >= 15 is 0 Å². The molecule has 66 valence electrons. The van der Waals surface area contributed by atoms with E-state index in [-0.39, 0.29) is 10.3 Å². The van der Waals surface area contributed by atoms with Crippen molar-refractivity contribution in [3.05, 3.63) is 26.5 Å². The molecule has 0 N–H and O–H groups in total. The van der Waals surface area contributed by atoms with E-state index in [0.29, 0.717) is 12.2 Å². The maximum Gasteiger partial charge on any atom is 0.374 e. The Morgan fingerprint density at radius 1 is 1.42 bits per heavy atom. The number of aryl methyl sites for hydroxylation is 1. The van der Waals surface area contributed by atoms with Gasteiger partial charge in [0.05, 0.1) is 0 Å². The number of hydrogen-bond acceptors (Lipinski definition) is 3. The highest BCUT2D eigenvalue weighted by Gasteiger charge is 2.08. The molecule has 12 heavy (non-hydrogen) atoms. The first-order chi connectivity index (χ1) is 5.65. The molecule has 0 fully saturated rings. The van der Waals surface area contributed by atoms with Crippen LogP contribution in [0.15, 0.2) is 9.21 Å². The molecule has 0 bridgehead atoms. The van der Waals surface area contributed by atoms with Crippen LogP contribution in [0, 0.1) is 0 Å². The summed E-state index contributed by atoms with van der Waals surface area (Å²) in [6.45, 7) is 1.95. The van der Waals surface area contributed by atoms with Crippen LogP contribution in [0.4, 0.5) is 0 Å². The van der Waals surface area contributed by atoms with E-state index in [2.05, 4.69) is 4.98 Å². The Balaban J connectivity index is 3.14. The van der Waals surface area contributed by atoms with Crippen LogP contribution < -0.4 is 5.63 Å². The normalized spacial score (nSPS) is 10.2. The third-order valence-electron chi connectivity index (χ3n) is 1.29. The van der Waals surface area contributed by atoms with Gasteiger partial charge in [-0.15, -0.1) is 0 Å². The van der Waals surface area contributed by atoms with Crippen LogP contribution in [0.2, 0.25) is 10.3 Å². The molecular formula is C7H7Cl2NO2. The molecule has 1 heterocycles. The standard InChI is InChI=1S/C7H7Cl2NO2/c1-2-3-4-5(8)10-6(9)7(11)12-4/h2-3H2,1H3. The second-order valence-corrected chi connectivity index (χ2v) is 2.97. The van der Waals surface area contributed by atoms with Gasteiger partial charge in [0.1, 0.15) is 5.76 Å². The quantitative estimate of drug-likeness (QED) is 0.748. The van der Waals surface area contributed by atoms with Gasteiger partial charge in [-0.1, -0.05) is 30.1 Å². The topological polar surface area (TPSA) is 43.1 Å². The molecular weight excluding hydrogens is 201 g/mol. The Kier molecular flexibility index (Phi) is 3.12. The summed E-state index contributed by atoms with van der Waals surface area (Å²) in [6, 6.07) is 0. The van der Waals surface area contributed by atoms with E-state index in [1.807, 2.05) is 6.92 Å². The van der Waals surface area contributed by atoms with E-state index in [0.717, 1.165) is 6.42 Å². The summed E-state index contributed by atoms with van der Waals surface area (Å²) in [4.78, 5) is 14.5. The van der Waals surface area contributed by atoms with Crippen molar-refractivity contribution in [3.8, 4) is 0 Å². The molecule has 3 nitrogen and oxygen atoms in total. The number of hydrogen-bond donors (Lipinski definition) is 0. The van der Waals surface area contributed by atoms with Gasteiger partial charge in [-0.2, -0.15) is 0 Å². The summed E-state index contributed by atoms with van der Waals surface area (Å²) in [5.41, 5.74) is -0.635. The second-order valence-electron chi connectivity index (χ2n) is 2.26. The number of rotatable bonds is 2. The molecule has 0 aliphatic carbocycles. The maximum atomic E-state index is 10.8. The zero-order valence-electron chi connectivity index (χ0n) is 6.43. The van der Waals surface area contributed by atoms with Gasteiger partial charge in [0, 0.05) is 6.42 Å². The minimum Gasteiger partial charge on any atom is -0.422 e. The van der Waals surface area contributed by atoms with Crippen LogP contribution in [-0.4, -0.2) is 4.98 Å². The van der Waals surface area contributed by atoms with Gasteiger partial charge in [0.2, 0.25) is 5.15 Å². The lowest BCUT2D eigenvalue weighted by atomic mass is 10.3. The zero-order chi connectivity index (χ0) is 9.14. The van der Waals surface area contributed by atoms with Crippen LogP contribution in [-0.2, 0) is 6.42 Å². The number of halogens is 2. The van der Waals surface area contributed by atoms with E-state index in [9.17, 15) is 4.79 Å². The number of nitrogens with zero attached hydrogens (tertiary/aromatic N) is 1. The molecule has 1 aromatic heterocycles. The van der Waals surface area contributed by atoms with Gasteiger partial charge in [-0.25, -0.2) is 9.78 Å². The third-order valence-corrected chi connectivity index (χ3v) is 1.82. The molecule has 0 radical (unpaired) electrons. The van der Waals surface area contributed by atoms with Gasteiger partial charge in [-0.3, -0.25) is 0 Å². The largest absolute Gasteiger partial charge is 0.422 e. The first kappa shape index (κ1) is 9.55. The Morgan fingerprint density at radius 2 is 2.08 bits per heavy atom. The van der Waals surface area contributed by atoms with Crippen molar-refractivity contribution >= 4 is 23.2 Å². The molecule has 0 saturated carbocycles. The molecule has 0 saturated heterocycles. The van der Waals surface area contributed by atoms with Crippen LogP contribution >= 0.6 is 23.2 Å². The highest BCUT2D eigenvalue weighted by Crippen LogP contribution is 2.14. The van der Waals surface area contributed by atoms with Crippen molar-refractivity contribution < 1.29 is 4.42 Å². The van der Waals surface area contributed by atoms with Crippen LogP contribution in [0.3, 0.4) is 0 Å². The average molecular weight is 208 g/mol. The summed E-state index contributed by atoms with van der Waals surface area (Å²) in [5.74, 6) is 0.397. The van der Waals surface area contributed by atoms with Crippen molar-refractivity contribution in [3.63, 3.8) is 0 Å². The predicted octanol–water partition coefficient (Wildman–Crippen LogP) is 2.29. The molecule has 0 unspecified atom stereocenters. The molecule has 0 spiro atoms. The molecule has 5 heteroatoms. The monoisotopic (exact) mass is 207 g/mol. The Bertz CT molecular complexity index is 335. The van der Waals surface area contributed by atoms with Gasteiger partial charge < -0.3 is 4.42 Å². The Morgan fingerprint density at radius 3 is 2.67 bits per heavy atom. The average Bonchev–Trinajstić information content (AvgIpc) is 2.01. The molecule has 0 atom stereocenters. The van der Waals surface area contributed by atoms with E-state index in [1.165, 1.54) is 0 Å². The summed E-state index contributed by atoms with van der Waals surface area (Å²) < 4.78 is 4.80. The second kappa shape index (κ2) is 3.92. The fourth-order valence-electron chi connectivity index (χ4n) is 0.772. The third kappa shape index (κ3) is 1.99. The molecule has 1 aromatic rings. The van der Waals surface area contributed by atoms with Crippen molar-refractivity contribution in [2.45, 2.75) is 19.8 Å². The maximum absolute atomic E-state index is 10.8. The smallest absolute Gasteiger partial charge is 0.374 e. The van der Waals surface area contributed by atoms with Crippen LogP contribution in [0.5, 0.6) is 0 Å². The highest BCUT2D eigenvalue weighted by atomic mass is 35.5. The molecule has 1 rings (SSSR count). The summed E-state index contributed by atoms with van der Waals surface area (Å²) >= 11 is 11.0. The van der Waals surface area contributed by atoms with Crippen LogP contribution in [0.25, 0.3) is 0 Å². The lowest BCUT2D eigenvalue weighted by Crippen LogP contribution is -2.05. The fourth-order valence-corrected chi connectivity index (χ4v) is 1.16. The molecule has 0 amide bonds. The molecule has 0 aromatic carbocycles. The van der Waals surface area contributed by atoms with Gasteiger partial charge in [0.15, 0.2) is 5.15 Å². The lowest BCUT2D eigenvalue weighted by Gasteiger charge is -1.98. The van der Waals surface area contributed by atoms with Crippen LogP contribution in [0.1, 0.15) is 19.1 Å². The van der Waals surface area contributed by atoms with Crippen molar-refractivity contribution in [1.82, 2.24) is 4.98 Å². The minimum absolute atomic E-state index is 0.168. The lowest BCUT2D eigenvalue weighted by molar-refractivity contribution is 0.450. The summed E-state index contributed by atoms with van der Waals surface area (Å²) in [7, 11) is 0. The summed E-state index contributed by atoms with van der Waals surface area (Å²) in [6.07, 6.45) is 1.43. The highest BCUT2D eigenvalue weighted by molar-refractivity contribution is 6.32. The van der Waals surface area contributed by atoms with Gasteiger partial charge >= 0.3 is 5.63 Å².